The summed E-state index contributed by atoms with van der Waals surface area (Å²) >= 11 is 0. The van der Waals surface area contributed by atoms with Crippen molar-refractivity contribution >= 4 is 23.9 Å². The second-order valence-corrected chi connectivity index (χ2v) is 15.5. The molecule has 10 heteroatoms. The van der Waals surface area contributed by atoms with Gasteiger partial charge in [0.05, 0.1) is 72.7 Å². The van der Waals surface area contributed by atoms with Crippen LogP contribution < -0.4 is 0 Å². The molecule has 2 heterocycles. The van der Waals surface area contributed by atoms with Crippen molar-refractivity contribution in [3.05, 3.63) is 70.8 Å². The van der Waals surface area contributed by atoms with Gasteiger partial charge in [-0.25, -0.2) is 19.2 Å². The number of esters is 4. The van der Waals surface area contributed by atoms with E-state index in [1.807, 2.05) is 0 Å². The minimum atomic E-state index is -0.451. The zero-order valence-electron chi connectivity index (χ0n) is 29.1. The molecule has 6 unspecified atom stereocenters. The van der Waals surface area contributed by atoms with Crippen molar-refractivity contribution in [3.63, 3.8) is 0 Å². The van der Waals surface area contributed by atoms with Crippen molar-refractivity contribution in [1.82, 2.24) is 0 Å². The molecule has 0 radical (unpaired) electrons. The second kappa shape index (κ2) is 14.5. The van der Waals surface area contributed by atoms with Crippen LogP contribution in [0.4, 0.5) is 0 Å². The fraction of sp³-hybridized carbons (Fsp3) is 0.600. The van der Waals surface area contributed by atoms with Crippen molar-refractivity contribution < 1.29 is 47.6 Å². The first-order valence-electron chi connectivity index (χ1n) is 18.2. The van der Waals surface area contributed by atoms with Gasteiger partial charge in [-0.3, -0.25) is 0 Å². The first-order valence-corrected chi connectivity index (χ1v) is 18.2. The van der Waals surface area contributed by atoms with Gasteiger partial charge >= 0.3 is 23.9 Å². The summed E-state index contributed by atoms with van der Waals surface area (Å²) in [7, 11) is 0. The molecule has 2 saturated heterocycles. The molecule has 0 N–H and O–H groups in total. The molecule has 2 aromatic rings. The smallest absolute Gasteiger partial charge is 0.338 e. The normalized spacial score (nSPS) is 28.1. The Morgan fingerprint density at radius 1 is 0.600 bits per heavy atom. The number of ether oxygens (including phenoxy) is 6. The standard InChI is InChI=1S/C40H48O10/c1-3-39(19-45-20-39)23-49-37(43)28-9-5-7-26(13-28)35(41)47-17-25-11-32-30-15-31(33(16-30)34(32)12-25)18-48-36(42)27-8-6-10-29(14-27)38(44)50-24-40(4-2)21-46-22-40/h5-10,13-14,25,30-34H,3-4,11-12,15-24H2,1-2H3. The zero-order valence-corrected chi connectivity index (χ0v) is 29.1. The topological polar surface area (TPSA) is 124 Å². The van der Waals surface area contributed by atoms with Crippen LogP contribution in [0.15, 0.2) is 48.5 Å². The lowest BCUT2D eigenvalue weighted by atomic mass is 9.76. The second-order valence-electron chi connectivity index (χ2n) is 15.5. The zero-order chi connectivity index (χ0) is 34.9. The molecular weight excluding hydrogens is 640 g/mol. The highest BCUT2D eigenvalue weighted by atomic mass is 16.6. The average Bonchev–Trinajstić information content (AvgIpc) is 3.81. The van der Waals surface area contributed by atoms with E-state index in [1.165, 1.54) is 0 Å². The van der Waals surface area contributed by atoms with Crippen LogP contribution in [0.5, 0.6) is 0 Å². The van der Waals surface area contributed by atoms with E-state index < -0.39 is 23.9 Å². The molecule has 5 fully saturated rings. The SMILES string of the molecule is CCC1(COC(=O)c2cccc(C(=O)OCC3CC4C5CC(COC(=O)c6cccc(C(=O)OCC7(CC)COC7)c6)C(C5)C4C3)c2)COC1. The highest BCUT2D eigenvalue weighted by Gasteiger charge is 2.56. The van der Waals surface area contributed by atoms with Crippen molar-refractivity contribution in [2.45, 2.75) is 52.4 Å². The van der Waals surface area contributed by atoms with Gasteiger partial charge in [0.25, 0.3) is 0 Å². The van der Waals surface area contributed by atoms with Gasteiger partial charge in [-0.05, 0) is 110 Å². The predicted molar refractivity (Wildman–Crippen MR) is 181 cm³/mol. The van der Waals surface area contributed by atoms with Crippen molar-refractivity contribution in [2.75, 3.05) is 52.9 Å². The van der Waals surface area contributed by atoms with Crippen LogP contribution in [0.3, 0.4) is 0 Å². The van der Waals surface area contributed by atoms with Crippen LogP contribution in [0.2, 0.25) is 0 Å². The van der Waals surface area contributed by atoms with Gasteiger partial charge in [0.2, 0.25) is 0 Å². The number of hydrogen-bond donors (Lipinski definition) is 0. The van der Waals surface area contributed by atoms with Gasteiger partial charge in [-0.15, -0.1) is 0 Å². The lowest BCUT2D eigenvalue weighted by molar-refractivity contribution is -0.140. The summed E-state index contributed by atoms with van der Waals surface area (Å²) in [6, 6.07) is 13.1. The van der Waals surface area contributed by atoms with Crippen molar-refractivity contribution in [3.8, 4) is 0 Å². The number of benzene rings is 2. The van der Waals surface area contributed by atoms with Crippen LogP contribution in [0.25, 0.3) is 0 Å². The molecule has 3 saturated carbocycles. The number of rotatable bonds is 14. The van der Waals surface area contributed by atoms with Crippen LogP contribution in [-0.2, 0) is 28.4 Å². The monoisotopic (exact) mass is 688 g/mol. The van der Waals surface area contributed by atoms with Gasteiger partial charge in [0.15, 0.2) is 0 Å². The molecule has 2 bridgehead atoms. The lowest BCUT2D eigenvalue weighted by Gasteiger charge is -2.39. The third-order valence-electron chi connectivity index (χ3n) is 12.4. The Balaban J connectivity index is 0.860. The van der Waals surface area contributed by atoms with E-state index in [0.29, 0.717) is 105 Å². The van der Waals surface area contributed by atoms with Crippen LogP contribution >= 0.6 is 0 Å². The summed E-state index contributed by atoms with van der Waals surface area (Å²) in [6.45, 7) is 7.80. The maximum absolute atomic E-state index is 13.0. The van der Waals surface area contributed by atoms with Gasteiger partial charge in [-0.2, -0.15) is 0 Å². The van der Waals surface area contributed by atoms with E-state index in [1.54, 1.807) is 48.5 Å². The molecule has 268 valence electrons. The van der Waals surface area contributed by atoms with E-state index in [-0.39, 0.29) is 16.7 Å². The Hall–Kier alpha value is -3.76. The highest BCUT2D eigenvalue weighted by Crippen LogP contribution is 2.62. The summed E-state index contributed by atoms with van der Waals surface area (Å²) in [5, 5.41) is 0. The molecular formula is C40H48O10. The highest BCUT2D eigenvalue weighted by molar-refractivity contribution is 5.96. The number of carbonyl (C=O) groups excluding carboxylic acids is 4. The Kier molecular flexibility index (Phi) is 10.0. The maximum atomic E-state index is 13.0. The van der Waals surface area contributed by atoms with Gasteiger partial charge < -0.3 is 28.4 Å². The molecule has 3 aliphatic carbocycles. The first kappa shape index (κ1) is 34.7. The van der Waals surface area contributed by atoms with E-state index >= 15 is 0 Å². The summed E-state index contributed by atoms with van der Waals surface area (Å²) in [5.41, 5.74) is 1.14. The molecule has 0 spiro atoms. The Morgan fingerprint density at radius 2 is 1.06 bits per heavy atom. The number of carbonyl (C=O) groups is 4. The Morgan fingerprint density at radius 3 is 1.52 bits per heavy atom. The van der Waals surface area contributed by atoms with Gasteiger partial charge in [0.1, 0.15) is 13.2 Å². The molecule has 50 heavy (non-hydrogen) atoms. The minimum absolute atomic E-state index is 0.106. The van der Waals surface area contributed by atoms with Crippen molar-refractivity contribution in [1.29, 1.82) is 0 Å². The predicted octanol–water partition coefficient (Wildman–Crippen LogP) is 6.17. The summed E-state index contributed by atoms with van der Waals surface area (Å²) < 4.78 is 33.3. The molecule has 7 rings (SSSR count). The molecule has 5 aliphatic rings. The molecule has 6 atom stereocenters. The number of fused-ring (bicyclic) bond motifs is 5. The third-order valence-corrected chi connectivity index (χ3v) is 12.4. The summed E-state index contributed by atoms with van der Waals surface area (Å²) in [6.07, 6.45) is 5.97. The molecule has 0 amide bonds. The van der Waals surface area contributed by atoms with E-state index in [9.17, 15) is 19.2 Å². The van der Waals surface area contributed by atoms with Crippen LogP contribution in [-0.4, -0.2) is 76.7 Å². The average molecular weight is 689 g/mol. The maximum Gasteiger partial charge on any atom is 0.338 e. The van der Waals surface area contributed by atoms with Gasteiger partial charge in [-0.1, -0.05) is 26.0 Å². The third kappa shape index (κ3) is 7.06. The lowest BCUT2D eigenvalue weighted by Crippen LogP contribution is -2.46. The largest absolute Gasteiger partial charge is 0.462 e. The summed E-state index contributed by atoms with van der Waals surface area (Å²) in [4.78, 5) is 51.4. The number of hydrogen-bond acceptors (Lipinski definition) is 10. The fourth-order valence-electron chi connectivity index (χ4n) is 8.91. The Bertz CT molecular complexity index is 1580. The first-order chi connectivity index (χ1) is 24.2. The Labute approximate surface area is 293 Å². The summed E-state index contributed by atoms with van der Waals surface area (Å²) in [5.74, 6) is 1.07. The molecule has 2 aliphatic heterocycles. The van der Waals surface area contributed by atoms with Gasteiger partial charge in [0, 0.05) is 0 Å². The van der Waals surface area contributed by atoms with Crippen LogP contribution in [0.1, 0.15) is 93.8 Å². The fourth-order valence-corrected chi connectivity index (χ4v) is 8.91. The quantitative estimate of drug-likeness (QED) is 0.168. The van der Waals surface area contributed by atoms with Crippen LogP contribution in [0, 0.1) is 46.3 Å². The molecule has 0 aromatic heterocycles. The minimum Gasteiger partial charge on any atom is -0.462 e. The van der Waals surface area contributed by atoms with E-state index in [4.69, 9.17) is 28.4 Å². The van der Waals surface area contributed by atoms with E-state index in [2.05, 4.69) is 13.8 Å². The van der Waals surface area contributed by atoms with Crippen molar-refractivity contribution in [2.24, 2.45) is 46.3 Å². The molecule has 10 nitrogen and oxygen atoms in total. The molecule has 2 aromatic carbocycles. The van der Waals surface area contributed by atoms with E-state index in [0.717, 1.165) is 38.5 Å².